The minimum atomic E-state index is -0.612. The number of halogens is 1. The number of benzene rings is 1. The molecule has 0 aliphatic carbocycles. The number of rotatable bonds is 1. The van der Waals surface area contributed by atoms with Crippen LogP contribution in [0.5, 0.6) is 5.75 Å². The van der Waals surface area contributed by atoms with Crippen LogP contribution < -0.4 is 4.74 Å². The molecular weight excluding hydrogens is 331 g/mol. The fourth-order valence-corrected chi connectivity index (χ4v) is 2.91. The van der Waals surface area contributed by atoms with Crippen LogP contribution in [0.3, 0.4) is 0 Å². The van der Waals surface area contributed by atoms with Gasteiger partial charge < -0.3 is 0 Å². The first-order valence-electron chi connectivity index (χ1n) is 4.95. The molecule has 1 aliphatic heterocycles. The number of ether oxygens (including phenoxy) is 1. The Morgan fingerprint density at radius 2 is 2.38 bits per heavy atom. The van der Waals surface area contributed by atoms with Crippen LogP contribution in [0.1, 0.15) is 18.1 Å². The van der Waals surface area contributed by atoms with Crippen LogP contribution in [0.2, 0.25) is 0 Å². The summed E-state index contributed by atoms with van der Waals surface area (Å²) >= 11 is 2.25. The Morgan fingerprint density at radius 3 is 3.00 bits per heavy atom. The number of hydrogen-bond donors (Lipinski definition) is 0. The van der Waals surface area contributed by atoms with Crippen LogP contribution in [0.4, 0.5) is 0 Å². The van der Waals surface area contributed by atoms with E-state index >= 15 is 0 Å². The molecule has 0 amide bonds. The Balaban J connectivity index is 2.33. The van der Waals surface area contributed by atoms with Gasteiger partial charge in [-0.25, -0.2) is 0 Å². The standard InChI is InChI=1S/C11H12BINOP/c1-8(2)9-3-4-11-10(5-9)6-14(7-15-11)16(12)13/h3-5H,1,6-7H2,2H3. The molecule has 1 aromatic carbocycles. The summed E-state index contributed by atoms with van der Waals surface area (Å²) in [5.41, 5.74) is 3.43. The molecule has 0 N–H and O–H groups in total. The van der Waals surface area contributed by atoms with Gasteiger partial charge in [0.2, 0.25) is 0 Å². The summed E-state index contributed by atoms with van der Waals surface area (Å²) in [5.74, 6) is 0.967. The Kier molecular flexibility index (Phi) is 3.83. The average molecular weight is 343 g/mol. The van der Waals surface area contributed by atoms with Crippen molar-refractivity contribution in [2.75, 3.05) is 6.73 Å². The molecule has 1 aliphatic rings. The fourth-order valence-electron chi connectivity index (χ4n) is 1.62. The van der Waals surface area contributed by atoms with Crippen molar-refractivity contribution in [1.82, 2.24) is 4.67 Å². The first-order valence-corrected chi connectivity index (χ1v) is 9.10. The molecule has 2 nitrogen and oxygen atoms in total. The van der Waals surface area contributed by atoms with Crippen molar-refractivity contribution >= 4 is 39.7 Å². The Hall–Kier alpha value is -0.185. The summed E-state index contributed by atoms with van der Waals surface area (Å²) in [6.45, 7) is 7.41. The SMILES string of the molecule is B#P(I)N1COc2ccc(C(=C)C)cc2C1. The summed E-state index contributed by atoms with van der Waals surface area (Å²) in [4.78, 5) is 0. The molecule has 1 atom stereocenters. The van der Waals surface area contributed by atoms with E-state index in [1.54, 1.807) is 0 Å². The molecule has 16 heavy (non-hydrogen) atoms. The van der Waals surface area contributed by atoms with E-state index in [0.29, 0.717) is 6.73 Å². The number of nitrogens with zero attached hydrogens (tertiary/aromatic N) is 1. The van der Waals surface area contributed by atoms with Crippen molar-refractivity contribution in [2.45, 2.75) is 13.5 Å². The zero-order chi connectivity index (χ0) is 11.7. The van der Waals surface area contributed by atoms with Gasteiger partial charge in [0.05, 0.1) is 0 Å². The molecule has 1 aromatic rings. The van der Waals surface area contributed by atoms with Crippen molar-refractivity contribution < 1.29 is 4.74 Å². The Labute approximate surface area is 111 Å². The molecule has 0 saturated carbocycles. The second-order valence-electron chi connectivity index (χ2n) is 3.83. The quantitative estimate of drug-likeness (QED) is 0.438. The second-order valence-corrected chi connectivity index (χ2v) is 7.94. The predicted octanol–water partition coefficient (Wildman–Crippen LogP) is 3.70. The van der Waals surface area contributed by atoms with Crippen LogP contribution in [0, 0.1) is 0 Å². The van der Waals surface area contributed by atoms with Gasteiger partial charge in [0, 0.05) is 0 Å². The zero-order valence-corrected chi connectivity index (χ0v) is 12.2. The van der Waals surface area contributed by atoms with Gasteiger partial charge in [-0.05, 0) is 0 Å². The van der Waals surface area contributed by atoms with Crippen molar-refractivity contribution in [2.24, 2.45) is 0 Å². The molecule has 0 bridgehead atoms. The molecule has 0 saturated heterocycles. The number of fused-ring (bicyclic) bond motifs is 1. The van der Waals surface area contributed by atoms with E-state index in [9.17, 15) is 0 Å². The molecule has 0 aromatic heterocycles. The van der Waals surface area contributed by atoms with Crippen molar-refractivity contribution in [1.29, 1.82) is 0 Å². The molecule has 1 heterocycles. The van der Waals surface area contributed by atoms with E-state index in [2.05, 4.69) is 39.4 Å². The van der Waals surface area contributed by atoms with Crippen LogP contribution in [-0.4, -0.2) is 18.4 Å². The first kappa shape index (κ1) is 12.3. The van der Waals surface area contributed by atoms with Crippen molar-refractivity contribution in [3.63, 3.8) is 0 Å². The fraction of sp³-hybridized carbons (Fsp3) is 0.273. The molecular formula is C11H12BINOP. The molecule has 5 heteroatoms. The third-order valence-corrected chi connectivity index (χ3v) is 5.17. The first-order chi connectivity index (χ1) is 7.58. The maximum absolute atomic E-state index is 5.90. The van der Waals surface area contributed by atoms with Gasteiger partial charge in [0.15, 0.2) is 0 Å². The molecule has 0 spiro atoms. The van der Waals surface area contributed by atoms with Crippen LogP contribution in [0.25, 0.3) is 5.57 Å². The summed E-state index contributed by atoms with van der Waals surface area (Å²) in [7, 11) is 5.90. The van der Waals surface area contributed by atoms with Crippen LogP contribution in [-0.2, 0) is 6.54 Å². The van der Waals surface area contributed by atoms with E-state index in [4.69, 9.17) is 11.7 Å². The van der Waals surface area contributed by atoms with Gasteiger partial charge in [0.25, 0.3) is 0 Å². The molecule has 82 valence electrons. The van der Waals surface area contributed by atoms with Gasteiger partial charge in [-0.3, -0.25) is 0 Å². The topological polar surface area (TPSA) is 12.5 Å². The van der Waals surface area contributed by atoms with Crippen molar-refractivity contribution in [3.05, 3.63) is 35.9 Å². The molecule has 0 radical (unpaired) electrons. The summed E-state index contributed by atoms with van der Waals surface area (Å²) in [6, 6.07) is 6.20. The molecule has 0 fully saturated rings. The summed E-state index contributed by atoms with van der Waals surface area (Å²) in [6.07, 6.45) is 0. The average Bonchev–Trinajstić information content (AvgIpc) is 2.27. The van der Waals surface area contributed by atoms with Crippen molar-refractivity contribution in [3.8, 4) is 5.75 Å². The third kappa shape index (κ3) is 2.55. The number of hydrogen-bond acceptors (Lipinski definition) is 2. The number of allylic oxidation sites excluding steroid dienone is 1. The van der Waals surface area contributed by atoms with E-state index in [1.807, 2.05) is 19.1 Å². The summed E-state index contributed by atoms with van der Waals surface area (Å²) in [5, 5.41) is -0.612. The summed E-state index contributed by atoms with van der Waals surface area (Å²) < 4.78 is 7.80. The molecule has 2 rings (SSSR count). The van der Waals surface area contributed by atoms with E-state index in [0.717, 1.165) is 17.9 Å². The maximum atomic E-state index is 5.90. The van der Waals surface area contributed by atoms with Gasteiger partial charge in [-0.15, -0.1) is 0 Å². The zero-order valence-electron chi connectivity index (χ0n) is 9.11. The molecule has 1 unspecified atom stereocenters. The van der Waals surface area contributed by atoms with Gasteiger partial charge in [-0.2, -0.15) is 0 Å². The normalized spacial score (nSPS) is 16.4. The van der Waals surface area contributed by atoms with Gasteiger partial charge in [0.1, 0.15) is 0 Å². The predicted molar refractivity (Wildman–Crippen MR) is 78.9 cm³/mol. The second kappa shape index (κ2) is 4.99. The Bertz CT molecular complexity index is 508. The van der Waals surface area contributed by atoms with Gasteiger partial charge in [-0.1, -0.05) is 0 Å². The Morgan fingerprint density at radius 1 is 1.62 bits per heavy atom. The van der Waals surface area contributed by atoms with E-state index in [1.165, 1.54) is 11.1 Å². The third-order valence-electron chi connectivity index (χ3n) is 2.55. The van der Waals surface area contributed by atoms with Gasteiger partial charge >= 0.3 is 111 Å². The van der Waals surface area contributed by atoms with Crippen LogP contribution >= 0.6 is 27.1 Å². The minimum absolute atomic E-state index is 0.588. The van der Waals surface area contributed by atoms with E-state index < -0.39 is 5.03 Å². The monoisotopic (exact) mass is 343 g/mol. The van der Waals surface area contributed by atoms with E-state index in [-0.39, 0.29) is 0 Å². The van der Waals surface area contributed by atoms with Crippen LogP contribution in [0.15, 0.2) is 24.8 Å².